The summed E-state index contributed by atoms with van der Waals surface area (Å²) in [6, 6.07) is 1.53. The number of nitrogens with zero attached hydrogens (tertiary/aromatic N) is 1. The van der Waals surface area contributed by atoms with Gasteiger partial charge in [-0.05, 0) is 69.2 Å². The van der Waals surface area contributed by atoms with Crippen LogP contribution in [0.4, 0.5) is 0 Å². The third-order valence-corrected chi connectivity index (χ3v) is 6.03. The van der Waals surface area contributed by atoms with E-state index in [1.807, 2.05) is 0 Å². The number of nitrogens with one attached hydrogen (secondary N) is 1. The topological polar surface area (TPSA) is 15.3 Å². The summed E-state index contributed by atoms with van der Waals surface area (Å²) in [5.41, 5.74) is 0. The van der Waals surface area contributed by atoms with Gasteiger partial charge in [-0.3, -0.25) is 0 Å². The monoisotopic (exact) mass is 294 g/mol. The van der Waals surface area contributed by atoms with Crippen molar-refractivity contribution < 1.29 is 0 Å². The zero-order chi connectivity index (χ0) is 15.4. The zero-order valence-electron chi connectivity index (χ0n) is 15.1. The van der Waals surface area contributed by atoms with Crippen LogP contribution < -0.4 is 5.32 Å². The first-order valence-corrected chi connectivity index (χ1v) is 9.48. The van der Waals surface area contributed by atoms with Crippen LogP contribution in [0, 0.1) is 23.7 Å². The molecule has 2 aliphatic rings. The van der Waals surface area contributed by atoms with E-state index in [0.717, 1.165) is 35.8 Å². The van der Waals surface area contributed by atoms with Crippen molar-refractivity contribution in [2.75, 3.05) is 19.6 Å². The van der Waals surface area contributed by atoms with Crippen LogP contribution in [0.2, 0.25) is 0 Å². The van der Waals surface area contributed by atoms with Crippen LogP contribution in [0.5, 0.6) is 0 Å². The fraction of sp³-hybridized carbons (Fsp3) is 1.00. The molecule has 2 fully saturated rings. The van der Waals surface area contributed by atoms with Gasteiger partial charge >= 0.3 is 0 Å². The van der Waals surface area contributed by atoms with Crippen LogP contribution in [-0.2, 0) is 0 Å². The number of rotatable bonds is 5. The predicted octanol–water partition coefficient (Wildman–Crippen LogP) is 4.16. The molecule has 1 aliphatic carbocycles. The highest BCUT2D eigenvalue weighted by Crippen LogP contribution is 2.35. The van der Waals surface area contributed by atoms with Gasteiger partial charge in [0, 0.05) is 25.2 Å². The number of hydrogen-bond donors (Lipinski definition) is 1. The average Bonchev–Trinajstić information content (AvgIpc) is 2.43. The summed E-state index contributed by atoms with van der Waals surface area (Å²) in [6.45, 7) is 15.9. The fourth-order valence-corrected chi connectivity index (χ4v) is 4.69. The standard InChI is InChI=1S/C19H38N2/c1-6-9-20-19-11-15(3)10-16(4)18(19)13-21-12-14(2)7-8-17(21)5/h14-20H,6-13H2,1-5H3. The van der Waals surface area contributed by atoms with Crippen molar-refractivity contribution in [2.45, 2.75) is 78.8 Å². The lowest BCUT2D eigenvalue weighted by Gasteiger charge is -2.45. The summed E-state index contributed by atoms with van der Waals surface area (Å²) >= 11 is 0. The molecule has 0 aromatic heterocycles. The first-order chi connectivity index (χ1) is 10.0. The lowest BCUT2D eigenvalue weighted by molar-refractivity contribution is 0.0536. The van der Waals surface area contributed by atoms with Gasteiger partial charge in [-0.1, -0.05) is 27.7 Å². The van der Waals surface area contributed by atoms with E-state index in [1.165, 1.54) is 51.7 Å². The first-order valence-electron chi connectivity index (χ1n) is 9.48. The first kappa shape index (κ1) is 17.3. The van der Waals surface area contributed by atoms with Gasteiger partial charge in [-0.2, -0.15) is 0 Å². The van der Waals surface area contributed by atoms with E-state index < -0.39 is 0 Å². The summed E-state index contributed by atoms with van der Waals surface area (Å²) in [7, 11) is 0. The lowest BCUT2D eigenvalue weighted by atomic mass is 9.71. The second-order valence-electron chi connectivity index (χ2n) is 8.26. The summed E-state index contributed by atoms with van der Waals surface area (Å²) < 4.78 is 0. The van der Waals surface area contributed by atoms with Crippen molar-refractivity contribution in [1.29, 1.82) is 0 Å². The van der Waals surface area contributed by atoms with Crippen molar-refractivity contribution in [2.24, 2.45) is 23.7 Å². The second kappa shape index (κ2) is 7.97. The molecule has 2 heteroatoms. The van der Waals surface area contributed by atoms with Gasteiger partial charge in [0.15, 0.2) is 0 Å². The van der Waals surface area contributed by atoms with E-state index in [1.54, 1.807) is 0 Å². The molecule has 0 bridgehead atoms. The Balaban J connectivity index is 1.99. The Morgan fingerprint density at radius 3 is 2.48 bits per heavy atom. The highest BCUT2D eigenvalue weighted by molar-refractivity contribution is 4.91. The molecule has 1 heterocycles. The van der Waals surface area contributed by atoms with Crippen LogP contribution in [0.3, 0.4) is 0 Å². The summed E-state index contributed by atoms with van der Waals surface area (Å²) in [5.74, 6) is 3.50. The lowest BCUT2D eigenvalue weighted by Crippen LogP contribution is -2.52. The minimum atomic E-state index is 0.744. The molecule has 0 radical (unpaired) electrons. The third-order valence-electron chi connectivity index (χ3n) is 6.03. The molecule has 0 aromatic rings. The molecule has 1 saturated heterocycles. The minimum Gasteiger partial charge on any atom is -0.314 e. The zero-order valence-corrected chi connectivity index (χ0v) is 15.1. The molecular weight excluding hydrogens is 256 g/mol. The molecule has 1 aliphatic heterocycles. The summed E-state index contributed by atoms with van der Waals surface area (Å²) in [5, 5.41) is 3.87. The predicted molar refractivity (Wildman–Crippen MR) is 92.6 cm³/mol. The molecule has 0 aromatic carbocycles. The molecule has 124 valence electrons. The van der Waals surface area contributed by atoms with Crippen molar-refractivity contribution in [3.05, 3.63) is 0 Å². The molecule has 6 atom stereocenters. The molecule has 2 rings (SSSR count). The van der Waals surface area contributed by atoms with E-state index in [4.69, 9.17) is 0 Å². The summed E-state index contributed by atoms with van der Waals surface area (Å²) in [6.07, 6.45) is 6.88. The third kappa shape index (κ3) is 4.69. The highest BCUT2D eigenvalue weighted by atomic mass is 15.2. The Bertz CT molecular complexity index is 304. The molecule has 1 saturated carbocycles. The molecule has 0 amide bonds. The van der Waals surface area contributed by atoms with Crippen molar-refractivity contribution >= 4 is 0 Å². The normalized spacial score (nSPS) is 42.1. The smallest absolute Gasteiger partial charge is 0.0113 e. The van der Waals surface area contributed by atoms with Gasteiger partial charge in [0.25, 0.3) is 0 Å². The largest absolute Gasteiger partial charge is 0.314 e. The minimum absolute atomic E-state index is 0.744. The Morgan fingerprint density at radius 2 is 1.76 bits per heavy atom. The van der Waals surface area contributed by atoms with E-state index in [-0.39, 0.29) is 0 Å². The van der Waals surface area contributed by atoms with Crippen molar-refractivity contribution in [3.63, 3.8) is 0 Å². The Labute approximate surface area is 133 Å². The van der Waals surface area contributed by atoms with Crippen LogP contribution in [0.1, 0.15) is 66.7 Å². The Morgan fingerprint density at radius 1 is 1.00 bits per heavy atom. The van der Waals surface area contributed by atoms with E-state index in [9.17, 15) is 0 Å². The van der Waals surface area contributed by atoms with E-state index >= 15 is 0 Å². The molecule has 1 N–H and O–H groups in total. The maximum Gasteiger partial charge on any atom is 0.0113 e. The Kier molecular flexibility index (Phi) is 6.55. The maximum atomic E-state index is 3.87. The van der Waals surface area contributed by atoms with Crippen molar-refractivity contribution in [1.82, 2.24) is 10.2 Å². The van der Waals surface area contributed by atoms with Gasteiger partial charge in [0.1, 0.15) is 0 Å². The van der Waals surface area contributed by atoms with E-state index in [0.29, 0.717) is 0 Å². The second-order valence-corrected chi connectivity index (χ2v) is 8.26. The van der Waals surface area contributed by atoms with Crippen LogP contribution in [-0.4, -0.2) is 36.6 Å². The molecule has 6 unspecified atom stereocenters. The van der Waals surface area contributed by atoms with Crippen LogP contribution in [0.25, 0.3) is 0 Å². The molecular formula is C19H38N2. The van der Waals surface area contributed by atoms with Crippen molar-refractivity contribution in [3.8, 4) is 0 Å². The highest BCUT2D eigenvalue weighted by Gasteiger charge is 2.36. The SMILES string of the molecule is CCCNC1CC(C)CC(C)C1CN1CC(C)CCC1C. The van der Waals surface area contributed by atoms with E-state index in [2.05, 4.69) is 44.8 Å². The number of piperidine rings is 1. The van der Waals surface area contributed by atoms with Gasteiger partial charge in [-0.15, -0.1) is 0 Å². The fourth-order valence-electron chi connectivity index (χ4n) is 4.69. The number of likely N-dealkylation sites (tertiary alicyclic amines) is 1. The molecule has 21 heavy (non-hydrogen) atoms. The maximum absolute atomic E-state index is 3.87. The average molecular weight is 295 g/mol. The van der Waals surface area contributed by atoms with Gasteiger partial charge in [0.05, 0.1) is 0 Å². The Hall–Kier alpha value is -0.0800. The van der Waals surface area contributed by atoms with Gasteiger partial charge in [0.2, 0.25) is 0 Å². The van der Waals surface area contributed by atoms with Crippen LogP contribution >= 0.6 is 0 Å². The molecule has 2 nitrogen and oxygen atoms in total. The quantitative estimate of drug-likeness (QED) is 0.819. The van der Waals surface area contributed by atoms with Crippen LogP contribution in [0.15, 0.2) is 0 Å². The van der Waals surface area contributed by atoms with Gasteiger partial charge in [-0.25, -0.2) is 0 Å². The summed E-state index contributed by atoms with van der Waals surface area (Å²) in [4.78, 5) is 2.80. The number of hydrogen-bond acceptors (Lipinski definition) is 2. The van der Waals surface area contributed by atoms with Gasteiger partial charge < -0.3 is 10.2 Å². The molecule has 0 spiro atoms.